The summed E-state index contributed by atoms with van der Waals surface area (Å²) in [5, 5.41) is 7.62. The van der Waals surface area contributed by atoms with Crippen LogP contribution in [0.2, 0.25) is 0 Å². The van der Waals surface area contributed by atoms with Crippen LogP contribution in [-0.2, 0) is 25.7 Å². The minimum Gasteiger partial charge on any atom is -0.379 e. The van der Waals surface area contributed by atoms with Crippen molar-refractivity contribution in [3.8, 4) is 0 Å². The average Bonchev–Trinajstić information content (AvgIpc) is 3.13. The van der Waals surface area contributed by atoms with Crippen LogP contribution in [0, 0.1) is 0 Å². The Balaban J connectivity index is 1.90. The molecule has 170 valence electrons. The van der Waals surface area contributed by atoms with Crippen LogP contribution >= 0.6 is 0 Å². The summed E-state index contributed by atoms with van der Waals surface area (Å²) in [5.74, 6) is 0.189. The maximum Gasteiger partial charge on any atom is 0.256 e. The summed E-state index contributed by atoms with van der Waals surface area (Å²) in [6, 6.07) is 8.00. The van der Waals surface area contributed by atoms with Crippen molar-refractivity contribution in [1.82, 2.24) is 14.1 Å². The summed E-state index contributed by atoms with van der Waals surface area (Å²) < 4.78 is 34.3. The number of nitrogens with one attached hydrogen (secondary N) is 1. The molecule has 1 aliphatic rings. The summed E-state index contributed by atoms with van der Waals surface area (Å²) in [6.45, 7) is 13.6. The third-order valence-corrected chi connectivity index (χ3v) is 6.95. The van der Waals surface area contributed by atoms with E-state index < -0.39 is 10.0 Å². The molecule has 0 bridgehead atoms. The molecular weight excluding hydrogens is 416 g/mol. The number of carbonyl (C=O) groups is 1. The Kier molecular flexibility index (Phi) is 6.32. The topological polar surface area (TPSA) is 93.5 Å². The predicted molar refractivity (Wildman–Crippen MR) is 120 cm³/mol. The van der Waals surface area contributed by atoms with E-state index in [0.29, 0.717) is 32.1 Å². The molecule has 0 atom stereocenters. The molecule has 1 N–H and O–H groups in total. The second kappa shape index (κ2) is 8.37. The molecule has 0 unspecified atom stereocenters. The summed E-state index contributed by atoms with van der Waals surface area (Å²) in [4.78, 5) is 13.1. The van der Waals surface area contributed by atoms with Crippen molar-refractivity contribution in [2.75, 3.05) is 31.6 Å². The minimum atomic E-state index is -3.68. The molecule has 0 saturated carbocycles. The Morgan fingerprint density at radius 3 is 2.29 bits per heavy atom. The number of anilines is 1. The Bertz CT molecular complexity index is 1060. The van der Waals surface area contributed by atoms with Gasteiger partial charge in [-0.05, 0) is 39.0 Å². The molecule has 1 fully saturated rings. The fourth-order valence-electron chi connectivity index (χ4n) is 3.27. The average molecular weight is 449 g/mol. The third-order valence-electron chi connectivity index (χ3n) is 5.06. The zero-order chi connectivity index (χ0) is 23.0. The Morgan fingerprint density at radius 1 is 1.06 bits per heavy atom. The lowest BCUT2D eigenvalue weighted by Crippen LogP contribution is -2.40. The van der Waals surface area contributed by atoms with Crippen LogP contribution in [0.25, 0.3) is 0 Å². The maximum absolute atomic E-state index is 13.0. The Morgan fingerprint density at radius 2 is 1.71 bits per heavy atom. The van der Waals surface area contributed by atoms with Crippen LogP contribution in [-0.4, -0.2) is 54.7 Å². The van der Waals surface area contributed by atoms with Crippen molar-refractivity contribution in [3.63, 3.8) is 0 Å². The van der Waals surface area contributed by atoms with E-state index >= 15 is 0 Å². The van der Waals surface area contributed by atoms with Crippen LogP contribution in [0.3, 0.4) is 0 Å². The van der Waals surface area contributed by atoms with E-state index in [1.54, 1.807) is 16.8 Å². The lowest BCUT2D eigenvalue weighted by Gasteiger charge is -2.26. The number of benzene rings is 1. The molecule has 1 aromatic carbocycles. The number of ether oxygens (including phenoxy) is 1. The molecule has 8 nitrogen and oxygen atoms in total. The third kappa shape index (κ3) is 5.16. The van der Waals surface area contributed by atoms with Gasteiger partial charge in [-0.3, -0.25) is 4.79 Å². The van der Waals surface area contributed by atoms with Crippen LogP contribution in [0.4, 0.5) is 5.82 Å². The van der Waals surface area contributed by atoms with E-state index in [4.69, 9.17) is 9.84 Å². The summed E-state index contributed by atoms with van der Waals surface area (Å²) in [5.41, 5.74) is 0.616. The lowest BCUT2D eigenvalue weighted by atomic mass is 9.92. The SMILES string of the molecule is CC(C)(C)c1cc(NC(=O)c2cccc(S(=O)(=O)N3CCOCC3)c2)n(C(C)(C)C)n1. The largest absolute Gasteiger partial charge is 0.379 e. The van der Waals surface area contributed by atoms with E-state index in [2.05, 4.69) is 26.1 Å². The fourth-order valence-corrected chi connectivity index (χ4v) is 4.72. The van der Waals surface area contributed by atoms with Gasteiger partial charge in [0, 0.05) is 30.1 Å². The molecule has 9 heteroatoms. The Hall–Kier alpha value is -2.23. The number of hydrogen-bond donors (Lipinski definition) is 1. The normalized spacial score (nSPS) is 16.3. The highest BCUT2D eigenvalue weighted by atomic mass is 32.2. The molecular formula is C22H32N4O4S. The molecule has 1 saturated heterocycles. The van der Waals surface area contributed by atoms with Gasteiger partial charge >= 0.3 is 0 Å². The first-order chi connectivity index (χ1) is 14.3. The molecule has 1 amide bonds. The fraction of sp³-hybridized carbons (Fsp3) is 0.545. The number of aromatic nitrogens is 2. The van der Waals surface area contributed by atoms with Gasteiger partial charge in [-0.1, -0.05) is 26.8 Å². The zero-order valence-electron chi connectivity index (χ0n) is 19.1. The zero-order valence-corrected chi connectivity index (χ0v) is 19.9. The molecule has 2 heterocycles. The van der Waals surface area contributed by atoms with E-state index in [1.165, 1.54) is 16.4 Å². The van der Waals surface area contributed by atoms with E-state index in [9.17, 15) is 13.2 Å². The smallest absolute Gasteiger partial charge is 0.256 e. The number of hydrogen-bond acceptors (Lipinski definition) is 5. The van der Waals surface area contributed by atoms with Crippen molar-refractivity contribution in [3.05, 3.63) is 41.6 Å². The van der Waals surface area contributed by atoms with Gasteiger partial charge in [0.25, 0.3) is 5.91 Å². The second-order valence-corrected chi connectivity index (χ2v) is 11.7. The standard InChI is InChI=1S/C22H32N4O4S/c1-21(2,3)18-15-19(26(24-18)22(4,5)6)23-20(27)16-8-7-9-17(14-16)31(28,29)25-10-12-30-13-11-25/h7-9,14-15H,10-13H2,1-6H3,(H,23,27). The van der Waals surface area contributed by atoms with Crippen molar-refractivity contribution in [2.45, 2.75) is 57.4 Å². The van der Waals surface area contributed by atoms with Crippen molar-refractivity contribution >= 4 is 21.7 Å². The first kappa shape index (κ1) is 23.4. The predicted octanol–water partition coefficient (Wildman–Crippen LogP) is 3.21. The summed E-state index contributed by atoms with van der Waals surface area (Å²) in [6.07, 6.45) is 0. The van der Waals surface area contributed by atoms with Gasteiger partial charge in [0.1, 0.15) is 5.82 Å². The van der Waals surface area contributed by atoms with Crippen LogP contribution < -0.4 is 5.32 Å². The number of sulfonamides is 1. The molecule has 1 aromatic heterocycles. The number of morpholine rings is 1. The van der Waals surface area contributed by atoms with Crippen LogP contribution in [0.5, 0.6) is 0 Å². The second-order valence-electron chi connectivity index (χ2n) is 9.75. The highest BCUT2D eigenvalue weighted by Crippen LogP contribution is 2.28. The number of amides is 1. The number of carbonyl (C=O) groups excluding carboxylic acids is 1. The molecule has 1 aliphatic heterocycles. The van der Waals surface area contributed by atoms with E-state index in [1.807, 2.05) is 26.8 Å². The van der Waals surface area contributed by atoms with Gasteiger partial charge in [0.05, 0.1) is 29.3 Å². The van der Waals surface area contributed by atoms with Gasteiger partial charge in [0.15, 0.2) is 0 Å². The Labute approximate surface area is 184 Å². The van der Waals surface area contributed by atoms with Crippen molar-refractivity contribution in [2.24, 2.45) is 0 Å². The summed E-state index contributed by atoms with van der Waals surface area (Å²) >= 11 is 0. The summed E-state index contributed by atoms with van der Waals surface area (Å²) in [7, 11) is -3.68. The number of rotatable bonds is 4. The molecule has 3 rings (SSSR count). The first-order valence-corrected chi connectivity index (χ1v) is 11.8. The van der Waals surface area contributed by atoms with Gasteiger partial charge in [-0.25, -0.2) is 13.1 Å². The van der Waals surface area contributed by atoms with Crippen LogP contribution in [0.1, 0.15) is 57.6 Å². The van der Waals surface area contributed by atoms with Gasteiger partial charge < -0.3 is 10.1 Å². The van der Waals surface area contributed by atoms with E-state index in [-0.39, 0.29) is 27.3 Å². The molecule has 2 aromatic rings. The molecule has 0 aliphatic carbocycles. The maximum atomic E-state index is 13.0. The highest BCUT2D eigenvalue weighted by Gasteiger charge is 2.28. The molecule has 0 spiro atoms. The van der Waals surface area contributed by atoms with Crippen LogP contribution in [0.15, 0.2) is 35.2 Å². The lowest BCUT2D eigenvalue weighted by molar-refractivity contribution is 0.0730. The minimum absolute atomic E-state index is 0.0989. The highest BCUT2D eigenvalue weighted by molar-refractivity contribution is 7.89. The van der Waals surface area contributed by atoms with Crippen molar-refractivity contribution in [1.29, 1.82) is 0 Å². The van der Waals surface area contributed by atoms with Gasteiger partial charge in [-0.2, -0.15) is 9.40 Å². The monoisotopic (exact) mass is 448 g/mol. The quantitative estimate of drug-likeness (QED) is 0.775. The molecule has 31 heavy (non-hydrogen) atoms. The molecule has 0 radical (unpaired) electrons. The van der Waals surface area contributed by atoms with Gasteiger partial charge in [0.2, 0.25) is 10.0 Å². The van der Waals surface area contributed by atoms with Gasteiger partial charge in [-0.15, -0.1) is 0 Å². The first-order valence-electron chi connectivity index (χ1n) is 10.4. The van der Waals surface area contributed by atoms with E-state index in [0.717, 1.165) is 5.69 Å². The van der Waals surface area contributed by atoms with Crippen molar-refractivity contribution < 1.29 is 17.9 Å². The number of nitrogens with zero attached hydrogens (tertiary/aromatic N) is 3.